The Morgan fingerprint density at radius 3 is 2.95 bits per heavy atom. The van der Waals surface area contributed by atoms with Gasteiger partial charge >= 0.3 is 6.09 Å². The van der Waals surface area contributed by atoms with Crippen LogP contribution in [-0.2, 0) is 16.1 Å². The van der Waals surface area contributed by atoms with Crippen molar-refractivity contribution in [2.45, 2.75) is 13.5 Å². The second-order valence-corrected chi connectivity index (χ2v) is 3.64. The Morgan fingerprint density at radius 2 is 2.32 bits per heavy atom. The third-order valence-electron chi connectivity index (χ3n) is 2.18. The largest absolute Gasteiger partial charge is 0.450 e. The van der Waals surface area contributed by atoms with Crippen LogP contribution in [0.5, 0.6) is 0 Å². The first kappa shape index (κ1) is 14.9. The van der Waals surface area contributed by atoms with Crippen LogP contribution in [0.25, 0.3) is 0 Å². The summed E-state index contributed by atoms with van der Waals surface area (Å²) in [7, 11) is 1.57. The molecular formula is C10H17N5O4. The van der Waals surface area contributed by atoms with Gasteiger partial charge in [-0.05, 0) is 6.92 Å². The minimum atomic E-state index is -0.627. The first-order valence-corrected chi connectivity index (χ1v) is 5.75. The molecule has 0 saturated heterocycles. The lowest BCUT2D eigenvalue weighted by Gasteiger charge is -2.14. The Balaban J connectivity index is 2.50. The highest BCUT2D eigenvalue weighted by molar-refractivity contribution is 5.83. The zero-order valence-electron chi connectivity index (χ0n) is 10.9. The summed E-state index contributed by atoms with van der Waals surface area (Å²) in [6, 6.07) is 0. The maximum atomic E-state index is 11.6. The number of ether oxygens (including phenoxy) is 1. The molecule has 19 heavy (non-hydrogen) atoms. The Bertz CT molecular complexity index is 433. The van der Waals surface area contributed by atoms with Gasteiger partial charge in [0.2, 0.25) is 5.91 Å². The predicted octanol–water partition coefficient (Wildman–Crippen LogP) is -0.703. The fourth-order valence-corrected chi connectivity index (χ4v) is 1.22. The van der Waals surface area contributed by atoms with Gasteiger partial charge in [-0.3, -0.25) is 10.1 Å². The molecule has 9 nitrogen and oxygen atoms in total. The third kappa shape index (κ3) is 4.92. The monoisotopic (exact) mass is 271 g/mol. The molecule has 1 heterocycles. The average molecular weight is 271 g/mol. The highest BCUT2D eigenvalue weighted by Crippen LogP contribution is 2.00. The number of carbonyl (C=O) groups excluding carboxylic acids is 2. The number of amides is 2. The molecule has 0 aromatic carbocycles. The molecule has 1 aromatic heterocycles. The standard InChI is InChI=1S/C10H17N5O4/c1-3-19-10(18)12-8-6-11-15(13-8)7-9(17)14(2)4-5-16/h6,16H,3-5,7H2,1-2H3,(H,12,13,18). The van der Waals surface area contributed by atoms with E-state index in [0.717, 1.165) is 4.80 Å². The van der Waals surface area contributed by atoms with Gasteiger partial charge in [-0.1, -0.05) is 0 Å². The zero-order chi connectivity index (χ0) is 14.3. The van der Waals surface area contributed by atoms with Crippen molar-refractivity contribution in [2.24, 2.45) is 0 Å². The van der Waals surface area contributed by atoms with Crippen LogP contribution >= 0.6 is 0 Å². The number of aliphatic hydroxyl groups excluding tert-OH is 1. The van der Waals surface area contributed by atoms with E-state index in [0.29, 0.717) is 0 Å². The number of aromatic nitrogens is 3. The van der Waals surface area contributed by atoms with Crippen LogP contribution in [0.4, 0.5) is 10.6 Å². The van der Waals surface area contributed by atoms with Gasteiger partial charge in [0, 0.05) is 13.6 Å². The molecule has 0 aliphatic heterocycles. The molecule has 1 aromatic rings. The molecule has 106 valence electrons. The number of anilines is 1. The van der Waals surface area contributed by atoms with Crippen molar-refractivity contribution < 1.29 is 19.4 Å². The van der Waals surface area contributed by atoms with Crippen molar-refractivity contribution in [1.82, 2.24) is 19.9 Å². The van der Waals surface area contributed by atoms with Crippen LogP contribution in [0.15, 0.2) is 6.20 Å². The first-order valence-electron chi connectivity index (χ1n) is 5.75. The topological polar surface area (TPSA) is 110 Å². The quantitative estimate of drug-likeness (QED) is 0.707. The first-order chi connectivity index (χ1) is 9.06. The Kier molecular flexibility index (Phi) is 5.73. The van der Waals surface area contributed by atoms with E-state index < -0.39 is 6.09 Å². The number of nitrogens with zero attached hydrogens (tertiary/aromatic N) is 4. The number of rotatable bonds is 6. The average Bonchev–Trinajstić information content (AvgIpc) is 2.77. The van der Waals surface area contributed by atoms with E-state index in [9.17, 15) is 9.59 Å². The molecule has 0 spiro atoms. The third-order valence-corrected chi connectivity index (χ3v) is 2.18. The second-order valence-electron chi connectivity index (χ2n) is 3.64. The molecule has 0 unspecified atom stereocenters. The summed E-state index contributed by atoms with van der Waals surface area (Å²) < 4.78 is 4.68. The lowest BCUT2D eigenvalue weighted by atomic mass is 10.5. The summed E-state index contributed by atoms with van der Waals surface area (Å²) in [5, 5.41) is 18.8. The molecule has 0 saturated carbocycles. The van der Waals surface area contributed by atoms with E-state index in [1.165, 1.54) is 11.1 Å². The van der Waals surface area contributed by atoms with E-state index in [-0.39, 0.29) is 38.0 Å². The van der Waals surface area contributed by atoms with Crippen molar-refractivity contribution in [1.29, 1.82) is 0 Å². The lowest BCUT2D eigenvalue weighted by molar-refractivity contribution is -0.131. The fraction of sp³-hybridized carbons (Fsp3) is 0.600. The van der Waals surface area contributed by atoms with Crippen molar-refractivity contribution >= 4 is 17.8 Å². The van der Waals surface area contributed by atoms with Gasteiger partial charge in [0.05, 0.1) is 19.4 Å². The summed E-state index contributed by atoms with van der Waals surface area (Å²) in [6.45, 7) is 2.01. The maximum Gasteiger partial charge on any atom is 0.412 e. The number of likely N-dealkylation sites (N-methyl/N-ethyl adjacent to an activating group) is 1. The fourth-order valence-electron chi connectivity index (χ4n) is 1.22. The maximum absolute atomic E-state index is 11.6. The highest BCUT2D eigenvalue weighted by Gasteiger charge is 2.11. The lowest BCUT2D eigenvalue weighted by Crippen LogP contribution is -2.33. The number of nitrogens with one attached hydrogen (secondary N) is 1. The van der Waals surface area contributed by atoms with Gasteiger partial charge in [0.15, 0.2) is 5.82 Å². The Morgan fingerprint density at radius 1 is 1.58 bits per heavy atom. The van der Waals surface area contributed by atoms with Gasteiger partial charge in [-0.2, -0.15) is 9.90 Å². The van der Waals surface area contributed by atoms with Crippen molar-refractivity contribution in [3.8, 4) is 0 Å². The van der Waals surface area contributed by atoms with Crippen LogP contribution < -0.4 is 5.32 Å². The van der Waals surface area contributed by atoms with E-state index in [1.807, 2.05) is 0 Å². The molecule has 0 aliphatic rings. The van der Waals surface area contributed by atoms with E-state index in [1.54, 1.807) is 14.0 Å². The highest BCUT2D eigenvalue weighted by atomic mass is 16.5. The Labute approximate surface area is 110 Å². The summed E-state index contributed by atoms with van der Waals surface area (Å²) in [4.78, 5) is 25.3. The molecule has 1 rings (SSSR count). The van der Waals surface area contributed by atoms with Crippen molar-refractivity contribution in [3.63, 3.8) is 0 Å². The molecule has 0 aliphatic carbocycles. The van der Waals surface area contributed by atoms with E-state index in [2.05, 4.69) is 20.3 Å². The van der Waals surface area contributed by atoms with Crippen molar-refractivity contribution in [2.75, 3.05) is 32.1 Å². The molecule has 9 heteroatoms. The summed E-state index contributed by atoms with van der Waals surface area (Å²) in [6.07, 6.45) is 0.689. The van der Waals surface area contributed by atoms with Gasteiger partial charge in [0.1, 0.15) is 6.54 Å². The van der Waals surface area contributed by atoms with Gasteiger partial charge in [0.25, 0.3) is 0 Å². The van der Waals surface area contributed by atoms with Crippen LogP contribution in [0.2, 0.25) is 0 Å². The predicted molar refractivity (Wildman–Crippen MR) is 65.4 cm³/mol. The van der Waals surface area contributed by atoms with Crippen LogP contribution in [0, 0.1) is 0 Å². The molecular weight excluding hydrogens is 254 g/mol. The van der Waals surface area contributed by atoms with Gasteiger partial charge in [-0.25, -0.2) is 4.79 Å². The normalized spacial score (nSPS) is 10.1. The van der Waals surface area contributed by atoms with Crippen LogP contribution in [-0.4, -0.2) is 63.8 Å². The smallest absolute Gasteiger partial charge is 0.412 e. The molecule has 0 fully saturated rings. The Hall–Kier alpha value is -2.16. The number of carbonyl (C=O) groups is 2. The number of aliphatic hydroxyl groups is 1. The molecule has 0 atom stereocenters. The minimum Gasteiger partial charge on any atom is -0.450 e. The number of hydrogen-bond donors (Lipinski definition) is 2. The van der Waals surface area contributed by atoms with Crippen molar-refractivity contribution in [3.05, 3.63) is 6.20 Å². The number of hydrogen-bond acceptors (Lipinski definition) is 6. The summed E-state index contributed by atoms with van der Waals surface area (Å²) in [5.74, 6) is -0.0385. The second kappa shape index (κ2) is 7.31. The van der Waals surface area contributed by atoms with Crippen LogP contribution in [0.3, 0.4) is 0 Å². The molecule has 2 amide bonds. The molecule has 0 radical (unpaired) electrons. The van der Waals surface area contributed by atoms with E-state index >= 15 is 0 Å². The molecule has 2 N–H and O–H groups in total. The summed E-state index contributed by atoms with van der Waals surface area (Å²) >= 11 is 0. The summed E-state index contributed by atoms with van der Waals surface area (Å²) in [5.41, 5.74) is 0. The van der Waals surface area contributed by atoms with Gasteiger partial charge in [-0.15, -0.1) is 5.10 Å². The SMILES string of the molecule is CCOC(=O)Nc1cnn(CC(=O)N(C)CCO)n1. The van der Waals surface area contributed by atoms with Gasteiger partial charge < -0.3 is 14.7 Å². The minimum absolute atomic E-state index is 0.0684. The van der Waals surface area contributed by atoms with E-state index in [4.69, 9.17) is 5.11 Å². The zero-order valence-corrected chi connectivity index (χ0v) is 10.9. The van der Waals surface area contributed by atoms with Crippen LogP contribution in [0.1, 0.15) is 6.92 Å². The molecule has 0 bridgehead atoms.